The van der Waals surface area contributed by atoms with Gasteiger partial charge < -0.3 is 30.7 Å². The largest absolute Gasteiger partial charge is 0.477 e. The number of halogens is 1. The summed E-state index contributed by atoms with van der Waals surface area (Å²) in [4.78, 5) is 50.2. The van der Waals surface area contributed by atoms with E-state index in [0.29, 0.717) is 46.4 Å². The fourth-order valence-electron chi connectivity index (χ4n) is 5.43. The number of rotatable bonds is 7. The van der Waals surface area contributed by atoms with Crippen LogP contribution >= 0.6 is 23.5 Å². The molecule has 1 amide bonds. The lowest BCUT2D eigenvalue weighted by Crippen LogP contribution is -2.68. The standard InChI is InChI=1S/C17H18FN3O3.C10H11N5O3S2/c18-13-7-11-14(8-15(13)20-5-3-19-4-6-20)21(10-1-2-10)9-12(16(11)22)17(23)24;11-6-8(16)15-7(10(17)18)4(3-20-9(6)15)2-19-5-1-12-14-13-5/h7-10,19H,1-6H2,(H,23,24);1,6,9H,2-3,11H2,(H,17,18)(H,12,13,14)/t;6-,9-/m.1/s1. The number of benzene rings is 1. The molecule has 2 aromatic heterocycles. The van der Waals surface area contributed by atoms with Crippen LogP contribution in [0.5, 0.6) is 0 Å². The molecule has 0 spiro atoms. The molecule has 5 heterocycles. The summed E-state index contributed by atoms with van der Waals surface area (Å²) in [5, 5.41) is 32.5. The number of carbonyl (C=O) groups is 3. The van der Waals surface area contributed by atoms with E-state index >= 15 is 0 Å². The first kappa shape index (κ1) is 30.1. The van der Waals surface area contributed by atoms with Crippen molar-refractivity contribution in [2.24, 2.45) is 5.73 Å². The second-order valence-corrected chi connectivity index (χ2v) is 12.8. The Morgan fingerprint density at radius 3 is 2.55 bits per heavy atom. The van der Waals surface area contributed by atoms with E-state index in [2.05, 4.69) is 20.7 Å². The zero-order chi connectivity index (χ0) is 31.1. The molecule has 17 heteroatoms. The fourth-order valence-corrected chi connectivity index (χ4v) is 7.64. The number of aromatic carboxylic acids is 1. The van der Waals surface area contributed by atoms with Crippen molar-refractivity contribution in [3.63, 3.8) is 0 Å². The van der Waals surface area contributed by atoms with Crippen LogP contribution in [0.25, 0.3) is 10.9 Å². The summed E-state index contributed by atoms with van der Waals surface area (Å²) < 4.78 is 16.4. The van der Waals surface area contributed by atoms with Gasteiger partial charge in [-0.2, -0.15) is 10.3 Å². The molecule has 1 saturated carbocycles. The van der Waals surface area contributed by atoms with Crippen molar-refractivity contribution in [3.8, 4) is 0 Å². The molecule has 14 nitrogen and oxygen atoms in total. The Labute approximate surface area is 257 Å². The van der Waals surface area contributed by atoms with Gasteiger partial charge in [-0.15, -0.1) is 16.9 Å². The first-order valence-corrected chi connectivity index (χ1v) is 15.9. The SMILES string of the molecule is N[C@@H]1C(=O)N2C(C(=O)O)=C(CSc3cn[nH]n3)CS[C@H]12.O=C(O)c1cn(C2CC2)c2cc(N3CCNCC3)c(F)cc2c1=O. The minimum atomic E-state index is -1.28. The number of carboxylic acid groups (broad SMARTS) is 2. The van der Waals surface area contributed by atoms with Gasteiger partial charge in [0.15, 0.2) is 0 Å². The van der Waals surface area contributed by atoms with Crippen LogP contribution in [-0.4, -0.2) is 102 Å². The Bertz CT molecular complexity index is 1720. The van der Waals surface area contributed by atoms with Gasteiger partial charge in [-0.3, -0.25) is 14.5 Å². The van der Waals surface area contributed by atoms with Crippen LogP contribution in [0.3, 0.4) is 0 Å². The number of nitrogens with one attached hydrogen (secondary N) is 2. The number of aromatic amines is 1. The maximum absolute atomic E-state index is 14.6. The topological polar surface area (TPSA) is 200 Å². The quantitative estimate of drug-likeness (QED) is 0.181. The molecular weight excluding hydrogens is 615 g/mol. The predicted molar refractivity (Wildman–Crippen MR) is 161 cm³/mol. The molecule has 0 unspecified atom stereocenters. The number of anilines is 1. The van der Waals surface area contributed by atoms with E-state index in [1.54, 1.807) is 12.3 Å². The van der Waals surface area contributed by atoms with Crippen molar-refractivity contribution in [2.45, 2.75) is 35.3 Å². The van der Waals surface area contributed by atoms with Gasteiger partial charge in [-0.25, -0.2) is 14.0 Å². The molecule has 0 bridgehead atoms. The number of thioether (sulfide) groups is 2. The van der Waals surface area contributed by atoms with Gasteiger partial charge in [0.2, 0.25) is 11.3 Å². The maximum Gasteiger partial charge on any atom is 0.352 e. The summed E-state index contributed by atoms with van der Waals surface area (Å²) >= 11 is 2.87. The number of nitrogens with zero attached hydrogens (tertiary/aromatic N) is 5. The van der Waals surface area contributed by atoms with Gasteiger partial charge in [-0.05, 0) is 30.5 Å². The highest BCUT2D eigenvalue weighted by Gasteiger charge is 2.51. The molecule has 3 fully saturated rings. The molecule has 1 aliphatic carbocycles. The number of fused-ring (bicyclic) bond motifs is 2. The predicted octanol–water partition coefficient (Wildman–Crippen LogP) is 1.06. The zero-order valence-corrected chi connectivity index (χ0v) is 24.9. The second-order valence-electron chi connectivity index (χ2n) is 10.7. The Kier molecular flexibility index (Phi) is 8.36. The Balaban J connectivity index is 0.000000159. The number of nitrogens with two attached hydrogens (primary N) is 1. The number of hydrogen-bond acceptors (Lipinski definition) is 11. The summed E-state index contributed by atoms with van der Waals surface area (Å²) in [6, 6.07) is 2.48. The van der Waals surface area contributed by atoms with Gasteiger partial charge in [0.25, 0.3) is 0 Å². The van der Waals surface area contributed by atoms with Crippen LogP contribution in [0.4, 0.5) is 10.1 Å². The maximum atomic E-state index is 14.6. The number of β-lactam (4-membered cyclic amide) rings is 1. The molecule has 0 radical (unpaired) electrons. The molecule has 3 aliphatic heterocycles. The lowest BCUT2D eigenvalue weighted by molar-refractivity contribution is -0.147. The van der Waals surface area contributed by atoms with Gasteiger partial charge in [0.05, 0.1) is 17.4 Å². The summed E-state index contributed by atoms with van der Waals surface area (Å²) in [7, 11) is 0. The molecular formula is C27H29FN8O6S2. The summed E-state index contributed by atoms with van der Waals surface area (Å²) in [5.41, 5.74) is 6.61. The van der Waals surface area contributed by atoms with Crippen LogP contribution in [0.1, 0.15) is 29.2 Å². The molecule has 44 heavy (non-hydrogen) atoms. The van der Waals surface area contributed by atoms with E-state index in [9.17, 15) is 33.8 Å². The molecule has 7 rings (SSSR count). The van der Waals surface area contributed by atoms with E-state index < -0.39 is 29.2 Å². The normalized spacial score (nSPS) is 21.5. The van der Waals surface area contributed by atoms with Crippen molar-refractivity contribution in [2.75, 3.05) is 42.6 Å². The summed E-state index contributed by atoms with van der Waals surface area (Å²) in [5.74, 6) is -2.18. The molecule has 2 atom stereocenters. The van der Waals surface area contributed by atoms with Crippen LogP contribution < -0.4 is 21.4 Å². The third-order valence-electron chi connectivity index (χ3n) is 7.81. The molecule has 6 N–H and O–H groups in total. The number of H-pyrrole nitrogens is 1. The van der Waals surface area contributed by atoms with Crippen LogP contribution in [-0.2, 0) is 9.59 Å². The Morgan fingerprint density at radius 2 is 1.91 bits per heavy atom. The third kappa shape index (κ3) is 5.67. The lowest BCUT2D eigenvalue weighted by atomic mass is 10.0. The molecule has 4 aliphatic rings. The number of aromatic nitrogens is 4. The number of pyridine rings is 1. The first-order valence-electron chi connectivity index (χ1n) is 13.9. The average Bonchev–Trinajstić information content (AvgIpc) is 3.73. The first-order chi connectivity index (χ1) is 21.2. The number of amides is 1. The van der Waals surface area contributed by atoms with E-state index in [-0.39, 0.29) is 34.0 Å². The monoisotopic (exact) mass is 644 g/mol. The van der Waals surface area contributed by atoms with E-state index in [4.69, 9.17) is 5.73 Å². The van der Waals surface area contributed by atoms with Crippen molar-refractivity contribution in [1.82, 2.24) is 30.2 Å². The van der Waals surface area contributed by atoms with Gasteiger partial charge >= 0.3 is 11.9 Å². The molecule has 232 valence electrons. The molecule has 2 saturated heterocycles. The highest BCUT2D eigenvalue weighted by molar-refractivity contribution is 8.01. The minimum Gasteiger partial charge on any atom is -0.477 e. The lowest BCUT2D eigenvalue weighted by Gasteiger charge is -2.48. The van der Waals surface area contributed by atoms with Crippen molar-refractivity contribution < 1.29 is 29.0 Å². The molecule has 1 aromatic carbocycles. The summed E-state index contributed by atoms with van der Waals surface area (Å²) in [6.45, 7) is 2.96. The molecule has 3 aromatic rings. The van der Waals surface area contributed by atoms with Gasteiger partial charge in [-0.1, -0.05) is 11.8 Å². The van der Waals surface area contributed by atoms with E-state index in [1.165, 1.54) is 40.7 Å². The highest BCUT2D eigenvalue weighted by atomic mass is 32.2. The minimum absolute atomic E-state index is 0.0662. The van der Waals surface area contributed by atoms with Gasteiger partial charge in [0, 0.05) is 55.3 Å². The zero-order valence-electron chi connectivity index (χ0n) is 23.2. The fraction of sp³-hybridized carbons (Fsp3) is 0.407. The smallest absolute Gasteiger partial charge is 0.352 e. The third-order valence-corrected chi connectivity index (χ3v) is 10.2. The van der Waals surface area contributed by atoms with E-state index in [0.717, 1.165) is 25.9 Å². The Morgan fingerprint density at radius 1 is 1.16 bits per heavy atom. The van der Waals surface area contributed by atoms with Crippen LogP contribution in [0.2, 0.25) is 0 Å². The second kappa shape index (κ2) is 12.2. The number of carbonyl (C=O) groups excluding carboxylic acids is 1. The van der Waals surface area contributed by atoms with E-state index in [1.807, 2.05) is 9.47 Å². The van der Waals surface area contributed by atoms with Gasteiger partial charge in [0.1, 0.15) is 33.5 Å². The van der Waals surface area contributed by atoms with Crippen molar-refractivity contribution in [1.29, 1.82) is 0 Å². The van der Waals surface area contributed by atoms with Crippen LogP contribution in [0.15, 0.2) is 45.6 Å². The Hall–Kier alpha value is -3.93. The summed E-state index contributed by atoms with van der Waals surface area (Å²) in [6.07, 6.45) is 4.86. The number of aliphatic carboxylic acids is 1. The van der Waals surface area contributed by atoms with Crippen LogP contribution in [0, 0.1) is 5.82 Å². The van der Waals surface area contributed by atoms with Crippen molar-refractivity contribution >= 4 is 58.0 Å². The van der Waals surface area contributed by atoms with Crippen molar-refractivity contribution in [3.05, 3.63) is 57.4 Å². The number of carboxylic acids is 2. The number of piperazine rings is 1. The highest BCUT2D eigenvalue weighted by Crippen LogP contribution is 2.41. The average molecular weight is 645 g/mol. The number of hydrogen-bond donors (Lipinski definition) is 5.